The van der Waals surface area contributed by atoms with Crippen LogP contribution in [0.1, 0.15) is 28.8 Å². The number of pyridine rings is 1. The number of halogens is 1. The summed E-state index contributed by atoms with van der Waals surface area (Å²) in [6, 6.07) is 11.5. The second-order valence-electron chi connectivity index (χ2n) is 5.76. The summed E-state index contributed by atoms with van der Waals surface area (Å²) in [7, 11) is 0. The van der Waals surface area contributed by atoms with E-state index >= 15 is 0 Å². The third kappa shape index (κ3) is 4.02. The van der Waals surface area contributed by atoms with Crippen LogP contribution in [0.2, 0.25) is 5.02 Å². The van der Waals surface area contributed by atoms with Crippen LogP contribution >= 0.6 is 11.6 Å². The average Bonchev–Trinajstić information content (AvgIpc) is 3.11. The fourth-order valence-electron chi connectivity index (χ4n) is 2.88. The third-order valence-electron chi connectivity index (χ3n) is 4.11. The van der Waals surface area contributed by atoms with E-state index in [1.807, 2.05) is 42.6 Å². The summed E-state index contributed by atoms with van der Waals surface area (Å²) in [5.74, 6) is 0.895. The predicted molar refractivity (Wildman–Crippen MR) is 91.9 cm³/mol. The molecule has 0 bridgehead atoms. The predicted octanol–water partition coefficient (Wildman–Crippen LogP) is 2.73. The maximum absolute atomic E-state index is 12.5. The van der Waals surface area contributed by atoms with E-state index in [1.165, 1.54) is 12.8 Å². The first-order valence-corrected chi connectivity index (χ1v) is 8.40. The van der Waals surface area contributed by atoms with Crippen molar-refractivity contribution in [2.75, 3.05) is 24.5 Å². The van der Waals surface area contributed by atoms with E-state index in [0.717, 1.165) is 35.9 Å². The van der Waals surface area contributed by atoms with E-state index in [9.17, 15) is 4.79 Å². The van der Waals surface area contributed by atoms with Crippen molar-refractivity contribution in [2.45, 2.75) is 19.3 Å². The maximum Gasteiger partial charge on any atom is 0.287 e. The van der Waals surface area contributed by atoms with Gasteiger partial charge in [0.2, 0.25) is 0 Å². The molecule has 0 saturated carbocycles. The normalized spacial score (nSPS) is 14.0. The second-order valence-corrected chi connectivity index (χ2v) is 6.20. The SMILES string of the molecule is O=C(NCCc1ccc(Cl)cc1)c1ccc[nH+]c1N1CCCC1. The van der Waals surface area contributed by atoms with E-state index in [4.69, 9.17) is 11.6 Å². The molecule has 3 rings (SSSR count). The van der Waals surface area contributed by atoms with Gasteiger partial charge in [-0.05, 0) is 49.1 Å². The molecule has 4 nitrogen and oxygen atoms in total. The highest BCUT2D eigenvalue weighted by atomic mass is 35.5. The zero-order valence-corrected chi connectivity index (χ0v) is 13.8. The van der Waals surface area contributed by atoms with E-state index in [1.54, 1.807) is 0 Å². The number of H-pyrrole nitrogens is 1. The van der Waals surface area contributed by atoms with Gasteiger partial charge in [0.25, 0.3) is 11.7 Å². The van der Waals surface area contributed by atoms with Crippen molar-refractivity contribution in [3.05, 3.63) is 58.7 Å². The van der Waals surface area contributed by atoms with Crippen molar-refractivity contribution in [3.8, 4) is 0 Å². The quantitative estimate of drug-likeness (QED) is 0.916. The largest absolute Gasteiger partial charge is 0.351 e. The summed E-state index contributed by atoms with van der Waals surface area (Å²) in [5.41, 5.74) is 1.87. The maximum atomic E-state index is 12.5. The van der Waals surface area contributed by atoms with E-state index in [2.05, 4.69) is 15.2 Å². The van der Waals surface area contributed by atoms with Crippen LogP contribution in [0.5, 0.6) is 0 Å². The van der Waals surface area contributed by atoms with E-state index in [-0.39, 0.29) is 5.91 Å². The Hall–Kier alpha value is -2.07. The molecular formula is C18H21ClN3O+. The van der Waals surface area contributed by atoms with Gasteiger partial charge in [0.15, 0.2) is 0 Å². The van der Waals surface area contributed by atoms with Crippen molar-refractivity contribution in [1.29, 1.82) is 0 Å². The molecule has 2 heterocycles. The number of carbonyl (C=O) groups excluding carboxylic acids is 1. The van der Waals surface area contributed by atoms with Gasteiger partial charge in [-0.25, -0.2) is 4.98 Å². The Bertz CT molecular complexity index is 666. The smallest absolute Gasteiger partial charge is 0.287 e. The Morgan fingerprint density at radius 3 is 2.65 bits per heavy atom. The second kappa shape index (κ2) is 7.47. The first-order chi connectivity index (χ1) is 11.2. The zero-order chi connectivity index (χ0) is 16.1. The van der Waals surface area contributed by atoms with Crippen molar-refractivity contribution >= 4 is 23.3 Å². The van der Waals surface area contributed by atoms with Gasteiger partial charge in [-0.1, -0.05) is 23.7 Å². The molecule has 1 fully saturated rings. The minimum absolute atomic E-state index is 0.0299. The lowest BCUT2D eigenvalue weighted by atomic mass is 10.1. The van der Waals surface area contributed by atoms with Crippen molar-refractivity contribution in [2.24, 2.45) is 0 Å². The minimum atomic E-state index is -0.0299. The van der Waals surface area contributed by atoms with Gasteiger partial charge < -0.3 is 5.32 Å². The number of hydrogen-bond donors (Lipinski definition) is 1. The van der Waals surface area contributed by atoms with Gasteiger partial charge in [0, 0.05) is 11.6 Å². The van der Waals surface area contributed by atoms with Crippen LogP contribution in [-0.2, 0) is 6.42 Å². The monoisotopic (exact) mass is 330 g/mol. The molecule has 23 heavy (non-hydrogen) atoms. The fourth-order valence-corrected chi connectivity index (χ4v) is 3.01. The zero-order valence-electron chi connectivity index (χ0n) is 13.0. The van der Waals surface area contributed by atoms with Crippen LogP contribution in [0.3, 0.4) is 0 Å². The molecule has 0 spiro atoms. The van der Waals surface area contributed by atoms with Gasteiger partial charge in [-0.3, -0.25) is 9.69 Å². The molecule has 0 radical (unpaired) electrons. The number of amides is 1. The van der Waals surface area contributed by atoms with E-state index < -0.39 is 0 Å². The third-order valence-corrected chi connectivity index (χ3v) is 4.37. The fraction of sp³-hybridized carbons (Fsp3) is 0.333. The van der Waals surface area contributed by atoms with Gasteiger partial charge >= 0.3 is 0 Å². The number of aromatic amines is 1. The first-order valence-electron chi connectivity index (χ1n) is 8.02. The molecule has 2 aromatic rings. The highest BCUT2D eigenvalue weighted by Gasteiger charge is 2.26. The molecule has 1 saturated heterocycles. The molecule has 1 aromatic heterocycles. The molecule has 1 aromatic carbocycles. The van der Waals surface area contributed by atoms with Crippen LogP contribution < -0.4 is 15.2 Å². The molecule has 0 aliphatic carbocycles. The lowest BCUT2D eigenvalue weighted by molar-refractivity contribution is -0.364. The number of rotatable bonds is 5. The number of hydrogen-bond acceptors (Lipinski definition) is 2. The lowest BCUT2D eigenvalue weighted by Gasteiger charge is -2.12. The van der Waals surface area contributed by atoms with Gasteiger partial charge in [0.1, 0.15) is 5.56 Å². The van der Waals surface area contributed by atoms with Gasteiger partial charge in [-0.15, -0.1) is 0 Å². The molecule has 120 valence electrons. The van der Waals surface area contributed by atoms with Crippen LogP contribution in [0.15, 0.2) is 42.6 Å². The van der Waals surface area contributed by atoms with Gasteiger partial charge in [0.05, 0.1) is 19.3 Å². The number of anilines is 1. The summed E-state index contributed by atoms with van der Waals surface area (Å²) in [6.45, 7) is 2.62. The molecule has 5 heteroatoms. The Morgan fingerprint density at radius 1 is 1.17 bits per heavy atom. The summed E-state index contributed by atoms with van der Waals surface area (Å²) in [5, 5.41) is 3.74. The molecule has 2 N–H and O–H groups in total. The summed E-state index contributed by atoms with van der Waals surface area (Å²) >= 11 is 5.88. The minimum Gasteiger partial charge on any atom is -0.351 e. The summed E-state index contributed by atoms with van der Waals surface area (Å²) < 4.78 is 0. The standard InChI is InChI=1S/C18H20ClN3O/c19-15-7-5-14(6-8-15)9-11-21-18(23)16-4-3-10-20-17(16)22-12-1-2-13-22/h3-8,10H,1-2,9,11-13H2,(H,21,23)/p+1. The van der Waals surface area contributed by atoms with Crippen molar-refractivity contribution in [3.63, 3.8) is 0 Å². The molecule has 0 unspecified atom stereocenters. The number of nitrogens with zero attached hydrogens (tertiary/aromatic N) is 1. The van der Waals surface area contributed by atoms with Crippen molar-refractivity contribution < 1.29 is 9.78 Å². The number of aromatic nitrogens is 1. The Labute approximate surface area is 141 Å². The summed E-state index contributed by atoms with van der Waals surface area (Å²) in [6.07, 6.45) is 5.03. The Balaban J connectivity index is 1.61. The van der Waals surface area contributed by atoms with Crippen molar-refractivity contribution in [1.82, 2.24) is 5.32 Å². The Morgan fingerprint density at radius 2 is 1.91 bits per heavy atom. The summed E-state index contributed by atoms with van der Waals surface area (Å²) in [4.78, 5) is 18.0. The molecule has 1 amide bonds. The molecule has 1 aliphatic rings. The number of carbonyl (C=O) groups is 1. The topological polar surface area (TPSA) is 46.5 Å². The highest BCUT2D eigenvalue weighted by Crippen LogP contribution is 2.19. The lowest BCUT2D eigenvalue weighted by Crippen LogP contribution is -2.32. The number of nitrogens with one attached hydrogen (secondary N) is 2. The van der Waals surface area contributed by atoms with Crippen LogP contribution in [-0.4, -0.2) is 25.5 Å². The van der Waals surface area contributed by atoms with Crippen LogP contribution in [0.25, 0.3) is 0 Å². The number of benzene rings is 1. The Kier molecular flexibility index (Phi) is 5.13. The van der Waals surface area contributed by atoms with E-state index in [0.29, 0.717) is 12.1 Å². The van der Waals surface area contributed by atoms with Crippen LogP contribution in [0, 0.1) is 0 Å². The molecular weight excluding hydrogens is 310 g/mol. The average molecular weight is 331 g/mol. The van der Waals surface area contributed by atoms with Crippen LogP contribution in [0.4, 0.5) is 5.82 Å². The first kappa shape index (κ1) is 15.8. The molecule has 1 aliphatic heterocycles. The molecule has 0 atom stereocenters. The van der Waals surface area contributed by atoms with Gasteiger partial charge in [-0.2, -0.15) is 0 Å². The highest BCUT2D eigenvalue weighted by molar-refractivity contribution is 6.30.